The molecular formula is C24H38IN5O2. The topological polar surface area (TPSA) is 63.9 Å². The van der Waals surface area contributed by atoms with E-state index in [1.807, 2.05) is 29.9 Å². The standard InChI is InChI=1S/C24H37N5O2.HI/c1-20-21(19-29(27-20)22-10-5-4-6-11-22)9-7-14-26-24(25-2)28-15-12-23(13-16-28)31-18-8-17-30-3;/h4-6,10-11,19,23H,7-9,12-18H2,1-3H3,(H,25,26);1H. The number of likely N-dealkylation sites (tertiary alicyclic amines) is 1. The van der Waals surface area contributed by atoms with Crippen LogP contribution < -0.4 is 5.32 Å². The zero-order chi connectivity index (χ0) is 21.9. The van der Waals surface area contributed by atoms with Crippen molar-refractivity contribution in [2.24, 2.45) is 4.99 Å². The lowest BCUT2D eigenvalue weighted by molar-refractivity contribution is 0.00991. The van der Waals surface area contributed by atoms with Crippen LogP contribution in [0.15, 0.2) is 41.5 Å². The highest BCUT2D eigenvalue weighted by atomic mass is 127. The molecule has 1 fully saturated rings. The highest BCUT2D eigenvalue weighted by molar-refractivity contribution is 14.0. The Hall–Kier alpha value is -1.65. The average Bonchev–Trinajstić information content (AvgIpc) is 3.18. The van der Waals surface area contributed by atoms with Crippen LogP contribution in [0.4, 0.5) is 0 Å². The number of hydrogen-bond donors (Lipinski definition) is 1. The second-order valence-corrected chi connectivity index (χ2v) is 8.00. The number of nitrogens with one attached hydrogen (secondary N) is 1. The van der Waals surface area contributed by atoms with Crippen molar-refractivity contribution in [3.63, 3.8) is 0 Å². The minimum atomic E-state index is 0. The number of nitrogens with zero attached hydrogens (tertiary/aromatic N) is 4. The van der Waals surface area contributed by atoms with Gasteiger partial charge in [-0.05, 0) is 56.7 Å². The van der Waals surface area contributed by atoms with Gasteiger partial charge in [0.15, 0.2) is 5.96 Å². The molecule has 3 rings (SSSR count). The minimum absolute atomic E-state index is 0. The summed E-state index contributed by atoms with van der Waals surface area (Å²) in [4.78, 5) is 6.83. The third-order valence-electron chi connectivity index (χ3n) is 5.73. The van der Waals surface area contributed by atoms with Gasteiger partial charge in [0.05, 0.1) is 17.5 Å². The molecular weight excluding hydrogens is 517 g/mol. The molecule has 0 spiro atoms. The van der Waals surface area contributed by atoms with Crippen molar-refractivity contribution in [1.82, 2.24) is 20.0 Å². The van der Waals surface area contributed by atoms with E-state index >= 15 is 0 Å². The van der Waals surface area contributed by atoms with Crippen molar-refractivity contribution < 1.29 is 9.47 Å². The fourth-order valence-corrected chi connectivity index (χ4v) is 3.95. The number of aryl methyl sites for hydroxylation is 2. The monoisotopic (exact) mass is 555 g/mol. The van der Waals surface area contributed by atoms with Crippen molar-refractivity contribution in [2.45, 2.75) is 45.1 Å². The number of aliphatic imine (C=N–C) groups is 1. The van der Waals surface area contributed by atoms with E-state index in [-0.39, 0.29) is 24.0 Å². The molecule has 1 aliphatic rings. The summed E-state index contributed by atoms with van der Waals surface area (Å²) >= 11 is 0. The van der Waals surface area contributed by atoms with Crippen LogP contribution in [0.25, 0.3) is 5.69 Å². The molecule has 8 heteroatoms. The second-order valence-electron chi connectivity index (χ2n) is 8.00. The smallest absolute Gasteiger partial charge is 0.193 e. The Kier molecular flexibility index (Phi) is 12.0. The highest BCUT2D eigenvalue weighted by Gasteiger charge is 2.21. The molecule has 0 radical (unpaired) electrons. The maximum atomic E-state index is 5.96. The number of benzene rings is 1. The molecule has 1 N–H and O–H groups in total. The van der Waals surface area contributed by atoms with Gasteiger partial charge in [0.2, 0.25) is 0 Å². The summed E-state index contributed by atoms with van der Waals surface area (Å²) in [5.41, 5.74) is 3.49. The summed E-state index contributed by atoms with van der Waals surface area (Å²) in [7, 11) is 3.60. The molecule has 0 unspecified atom stereocenters. The Morgan fingerprint density at radius 1 is 1.16 bits per heavy atom. The van der Waals surface area contributed by atoms with Gasteiger partial charge >= 0.3 is 0 Å². The lowest BCUT2D eigenvalue weighted by Gasteiger charge is -2.34. The molecule has 0 aliphatic carbocycles. The Labute approximate surface area is 209 Å². The Bertz CT molecular complexity index is 804. The van der Waals surface area contributed by atoms with E-state index in [9.17, 15) is 0 Å². The molecule has 2 heterocycles. The minimum Gasteiger partial charge on any atom is -0.385 e. The molecule has 178 valence electrons. The summed E-state index contributed by atoms with van der Waals surface area (Å²) in [6, 6.07) is 10.3. The number of ether oxygens (including phenoxy) is 2. The lowest BCUT2D eigenvalue weighted by atomic mass is 10.1. The van der Waals surface area contributed by atoms with E-state index < -0.39 is 0 Å². The van der Waals surface area contributed by atoms with Gasteiger partial charge < -0.3 is 19.7 Å². The number of methoxy groups -OCH3 is 1. The summed E-state index contributed by atoms with van der Waals surface area (Å²) < 4.78 is 13.0. The van der Waals surface area contributed by atoms with E-state index in [0.717, 1.165) is 82.3 Å². The first kappa shape index (κ1) is 26.6. The van der Waals surface area contributed by atoms with Crippen LogP contribution in [0.5, 0.6) is 0 Å². The van der Waals surface area contributed by atoms with Gasteiger partial charge in [-0.3, -0.25) is 4.99 Å². The molecule has 0 amide bonds. The molecule has 0 atom stereocenters. The van der Waals surface area contributed by atoms with Gasteiger partial charge in [0.25, 0.3) is 0 Å². The predicted octanol–water partition coefficient (Wildman–Crippen LogP) is 3.82. The predicted molar refractivity (Wildman–Crippen MR) is 140 cm³/mol. The van der Waals surface area contributed by atoms with E-state index in [1.165, 1.54) is 5.56 Å². The van der Waals surface area contributed by atoms with Crippen molar-refractivity contribution in [3.05, 3.63) is 47.8 Å². The van der Waals surface area contributed by atoms with E-state index in [4.69, 9.17) is 9.47 Å². The molecule has 1 aromatic carbocycles. The second kappa shape index (κ2) is 14.5. The first-order valence-electron chi connectivity index (χ1n) is 11.4. The average molecular weight is 556 g/mol. The van der Waals surface area contributed by atoms with Gasteiger partial charge in [-0.1, -0.05) is 18.2 Å². The van der Waals surface area contributed by atoms with Crippen molar-refractivity contribution >= 4 is 29.9 Å². The van der Waals surface area contributed by atoms with E-state index in [1.54, 1.807) is 7.11 Å². The number of halogens is 1. The number of guanidine groups is 1. The fourth-order valence-electron chi connectivity index (χ4n) is 3.95. The number of aromatic nitrogens is 2. The highest BCUT2D eigenvalue weighted by Crippen LogP contribution is 2.15. The zero-order valence-corrected chi connectivity index (χ0v) is 22.0. The number of rotatable bonds is 10. The van der Waals surface area contributed by atoms with Gasteiger partial charge in [0.1, 0.15) is 0 Å². The zero-order valence-electron chi connectivity index (χ0n) is 19.6. The largest absolute Gasteiger partial charge is 0.385 e. The van der Waals surface area contributed by atoms with Crippen molar-refractivity contribution in [1.29, 1.82) is 0 Å². The van der Waals surface area contributed by atoms with Gasteiger partial charge in [-0.15, -0.1) is 24.0 Å². The van der Waals surface area contributed by atoms with Gasteiger partial charge in [-0.2, -0.15) is 5.10 Å². The third-order valence-corrected chi connectivity index (χ3v) is 5.73. The van der Waals surface area contributed by atoms with Crippen LogP contribution in [0.3, 0.4) is 0 Å². The molecule has 32 heavy (non-hydrogen) atoms. The summed E-state index contributed by atoms with van der Waals surface area (Å²) in [6.07, 6.45) is 7.60. The van der Waals surface area contributed by atoms with E-state index in [2.05, 4.69) is 45.6 Å². The van der Waals surface area contributed by atoms with Crippen molar-refractivity contribution in [2.75, 3.05) is 47.0 Å². The lowest BCUT2D eigenvalue weighted by Crippen LogP contribution is -2.47. The van der Waals surface area contributed by atoms with Crippen LogP contribution in [0.2, 0.25) is 0 Å². The quantitative estimate of drug-likeness (QED) is 0.209. The summed E-state index contributed by atoms with van der Waals surface area (Å²) in [5, 5.41) is 8.20. The fraction of sp³-hybridized carbons (Fsp3) is 0.583. The molecule has 2 aromatic rings. The van der Waals surface area contributed by atoms with Crippen LogP contribution >= 0.6 is 24.0 Å². The molecule has 0 bridgehead atoms. The molecule has 1 aliphatic heterocycles. The van der Waals surface area contributed by atoms with Crippen molar-refractivity contribution in [3.8, 4) is 5.69 Å². The molecule has 1 aromatic heterocycles. The summed E-state index contributed by atoms with van der Waals surface area (Å²) in [6.45, 7) is 6.50. The van der Waals surface area contributed by atoms with Crippen LogP contribution in [0.1, 0.15) is 36.9 Å². The third kappa shape index (κ3) is 8.04. The maximum Gasteiger partial charge on any atom is 0.193 e. The molecule has 0 saturated carbocycles. The van der Waals surface area contributed by atoms with Crippen LogP contribution in [-0.4, -0.2) is 73.7 Å². The first-order valence-corrected chi connectivity index (χ1v) is 11.4. The molecule has 7 nitrogen and oxygen atoms in total. The first-order chi connectivity index (χ1) is 15.2. The van der Waals surface area contributed by atoms with Gasteiger partial charge in [-0.25, -0.2) is 4.68 Å². The number of hydrogen-bond acceptors (Lipinski definition) is 4. The van der Waals surface area contributed by atoms with Gasteiger partial charge in [0, 0.05) is 53.2 Å². The van der Waals surface area contributed by atoms with E-state index in [0.29, 0.717) is 6.10 Å². The Morgan fingerprint density at radius 3 is 2.59 bits per heavy atom. The number of para-hydroxylation sites is 1. The molecule has 1 saturated heterocycles. The Morgan fingerprint density at radius 2 is 1.91 bits per heavy atom. The summed E-state index contributed by atoms with van der Waals surface area (Å²) in [5.74, 6) is 0.995. The van der Waals surface area contributed by atoms with Crippen LogP contribution in [-0.2, 0) is 15.9 Å². The maximum absolute atomic E-state index is 5.96. The normalized spacial score (nSPS) is 15.0. The van der Waals surface area contributed by atoms with Crippen LogP contribution in [0, 0.1) is 6.92 Å². The Balaban J connectivity index is 0.00000363. The number of piperidine rings is 1. The SMILES string of the molecule is CN=C(NCCCc1cn(-c2ccccc2)nc1C)N1CCC(OCCCOC)CC1.I.